The van der Waals surface area contributed by atoms with E-state index in [4.69, 9.17) is 34.8 Å². The molecule has 0 saturated carbocycles. The molecule has 0 radical (unpaired) electrons. The van der Waals surface area contributed by atoms with Crippen LogP contribution in [0.5, 0.6) is 0 Å². The van der Waals surface area contributed by atoms with Gasteiger partial charge in [0.1, 0.15) is 0 Å². The van der Waals surface area contributed by atoms with Gasteiger partial charge in [-0.25, -0.2) is 0 Å². The van der Waals surface area contributed by atoms with Crippen molar-refractivity contribution in [3.8, 4) is 0 Å². The Labute approximate surface area is 148 Å². The zero-order valence-electron chi connectivity index (χ0n) is 11.6. The van der Waals surface area contributed by atoms with E-state index in [-0.39, 0.29) is 5.91 Å². The van der Waals surface area contributed by atoms with Crippen LogP contribution < -0.4 is 10.6 Å². The maximum Gasteiger partial charge on any atom is 0.265 e. The predicted molar refractivity (Wildman–Crippen MR) is 92.8 cm³/mol. The SMILES string of the molecule is O=C(NC([NH2+]CCc1ccccc1)C(Cl)(Cl)Cl)c1cccs1. The molecule has 0 aliphatic rings. The number of rotatable bonds is 6. The number of carbonyl (C=O) groups excluding carboxylic acids is 1. The molecule has 2 rings (SSSR count). The molecule has 0 saturated heterocycles. The average molecular weight is 379 g/mol. The summed E-state index contributed by atoms with van der Waals surface area (Å²) in [6.07, 6.45) is 0.184. The van der Waals surface area contributed by atoms with Gasteiger partial charge in [-0.15, -0.1) is 11.3 Å². The number of nitrogens with two attached hydrogens (primary N) is 1. The van der Waals surface area contributed by atoms with Gasteiger partial charge in [-0.2, -0.15) is 0 Å². The second-order valence-corrected chi connectivity index (χ2v) is 8.05. The van der Waals surface area contributed by atoms with Gasteiger partial charge >= 0.3 is 0 Å². The van der Waals surface area contributed by atoms with Crippen molar-refractivity contribution in [3.63, 3.8) is 0 Å². The van der Waals surface area contributed by atoms with Crippen LogP contribution in [-0.4, -0.2) is 22.4 Å². The average Bonchev–Trinajstić information content (AvgIpc) is 3.00. The zero-order chi connectivity index (χ0) is 16.0. The summed E-state index contributed by atoms with van der Waals surface area (Å²) in [5.41, 5.74) is 1.20. The third kappa shape index (κ3) is 5.45. The normalized spacial score (nSPS) is 12.9. The summed E-state index contributed by atoms with van der Waals surface area (Å²) in [6, 6.07) is 13.6. The third-order valence-corrected chi connectivity index (χ3v) is 4.64. The second kappa shape index (κ2) is 8.18. The lowest BCUT2D eigenvalue weighted by Crippen LogP contribution is -2.96. The molecule has 0 aliphatic heterocycles. The number of hydrogen-bond donors (Lipinski definition) is 2. The van der Waals surface area contributed by atoms with E-state index in [1.54, 1.807) is 6.07 Å². The number of quaternary nitrogens is 1. The Bertz CT molecular complexity index is 585. The number of nitrogens with one attached hydrogen (secondary N) is 1. The van der Waals surface area contributed by atoms with Gasteiger partial charge in [0.15, 0.2) is 0 Å². The number of benzene rings is 1. The first-order chi connectivity index (χ1) is 10.5. The van der Waals surface area contributed by atoms with Crippen LogP contribution >= 0.6 is 46.1 Å². The highest BCUT2D eigenvalue weighted by Gasteiger charge is 2.37. The Kier molecular flexibility index (Phi) is 6.53. The Morgan fingerprint density at radius 1 is 1.18 bits per heavy atom. The minimum Gasteiger partial charge on any atom is -0.323 e. The first-order valence-electron chi connectivity index (χ1n) is 6.75. The van der Waals surface area contributed by atoms with E-state index in [1.165, 1.54) is 16.9 Å². The van der Waals surface area contributed by atoms with Crippen LogP contribution in [0.15, 0.2) is 47.8 Å². The molecule has 2 aromatic rings. The monoisotopic (exact) mass is 377 g/mol. The van der Waals surface area contributed by atoms with Crippen LogP contribution in [0.25, 0.3) is 0 Å². The molecule has 0 fully saturated rings. The summed E-state index contributed by atoms with van der Waals surface area (Å²) in [5.74, 6) is -0.234. The molecular formula is C15H16Cl3N2OS+. The second-order valence-electron chi connectivity index (χ2n) is 4.73. The van der Waals surface area contributed by atoms with Crippen LogP contribution in [0.2, 0.25) is 0 Å². The van der Waals surface area contributed by atoms with Gasteiger partial charge < -0.3 is 5.32 Å². The Morgan fingerprint density at radius 2 is 1.91 bits per heavy atom. The van der Waals surface area contributed by atoms with E-state index < -0.39 is 9.96 Å². The number of carbonyl (C=O) groups is 1. The van der Waals surface area contributed by atoms with E-state index in [0.717, 1.165) is 6.42 Å². The Balaban J connectivity index is 1.91. The van der Waals surface area contributed by atoms with Crippen LogP contribution in [0.1, 0.15) is 15.2 Å². The molecule has 0 bridgehead atoms. The van der Waals surface area contributed by atoms with Gasteiger partial charge in [0.05, 0.1) is 11.4 Å². The molecule has 1 aromatic carbocycles. The summed E-state index contributed by atoms with van der Waals surface area (Å²) in [7, 11) is 0. The number of amides is 1. The zero-order valence-corrected chi connectivity index (χ0v) is 14.7. The molecular weight excluding hydrogens is 363 g/mol. The highest BCUT2D eigenvalue weighted by molar-refractivity contribution is 7.12. The van der Waals surface area contributed by atoms with E-state index in [9.17, 15) is 4.79 Å². The van der Waals surface area contributed by atoms with Crippen molar-refractivity contribution in [2.45, 2.75) is 16.4 Å². The van der Waals surface area contributed by atoms with E-state index in [0.29, 0.717) is 11.4 Å². The molecule has 1 atom stereocenters. The van der Waals surface area contributed by atoms with Crippen molar-refractivity contribution in [3.05, 3.63) is 58.3 Å². The quantitative estimate of drug-likeness (QED) is 0.589. The van der Waals surface area contributed by atoms with Crippen LogP contribution in [-0.2, 0) is 6.42 Å². The lowest BCUT2D eigenvalue weighted by Gasteiger charge is -2.23. The lowest BCUT2D eigenvalue weighted by atomic mass is 10.1. The number of thiophene rings is 1. The third-order valence-electron chi connectivity index (χ3n) is 3.06. The van der Waals surface area contributed by atoms with Crippen LogP contribution in [0.3, 0.4) is 0 Å². The first-order valence-corrected chi connectivity index (χ1v) is 8.76. The van der Waals surface area contributed by atoms with Gasteiger partial charge in [0, 0.05) is 6.42 Å². The van der Waals surface area contributed by atoms with E-state index >= 15 is 0 Å². The summed E-state index contributed by atoms with van der Waals surface area (Å²) in [6.45, 7) is 0.702. The predicted octanol–water partition coefficient (Wildman–Crippen LogP) is 2.98. The molecule has 0 spiro atoms. The molecule has 3 N–H and O–H groups in total. The topological polar surface area (TPSA) is 45.7 Å². The summed E-state index contributed by atoms with van der Waals surface area (Å²) in [5, 5.41) is 6.44. The molecule has 118 valence electrons. The molecule has 1 amide bonds. The van der Waals surface area contributed by atoms with E-state index in [1.807, 2.05) is 47.1 Å². The summed E-state index contributed by atoms with van der Waals surface area (Å²) < 4.78 is -1.58. The van der Waals surface area contributed by atoms with Gasteiger partial charge in [-0.3, -0.25) is 10.1 Å². The number of halogens is 3. The highest BCUT2D eigenvalue weighted by Crippen LogP contribution is 2.27. The van der Waals surface area contributed by atoms with Crippen molar-refractivity contribution in [1.29, 1.82) is 0 Å². The highest BCUT2D eigenvalue weighted by atomic mass is 35.6. The maximum absolute atomic E-state index is 12.1. The van der Waals surface area contributed by atoms with Gasteiger partial charge in [-0.05, 0) is 17.0 Å². The fourth-order valence-electron chi connectivity index (χ4n) is 1.96. The van der Waals surface area contributed by atoms with Crippen LogP contribution in [0.4, 0.5) is 0 Å². The summed E-state index contributed by atoms with van der Waals surface area (Å²) >= 11 is 19.3. The maximum atomic E-state index is 12.1. The van der Waals surface area contributed by atoms with Gasteiger partial charge in [0.2, 0.25) is 6.17 Å². The molecule has 0 aliphatic carbocycles. The molecule has 3 nitrogen and oxygen atoms in total. The molecule has 1 heterocycles. The van der Waals surface area contributed by atoms with Gasteiger partial charge in [0.25, 0.3) is 9.70 Å². The molecule has 22 heavy (non-hydrogen) atoms. The fourth-order valence-corrected chi connectivity index (χ4v) is 3.01. The van der Waals surface area contributed by atoms with Crippen molar-refractivity contribution in [2.24, 2.45) is 0 Å². The largest absolute Gasteiger partial charge is 0.323 e. The molecule has 1 aromatic heterocycles. The lowest BCUT2D eigenvalue weighted by molar-refractivity contribution is -0.691. The fraction of sp³-hybridized carbons (Fsp3) is 0.267. The minimum atomic E-state index is -1.58. The Morgan fingerprint density at radius 3 is 2.50 bits per heavy atom. The number of hydrogen-bond acceptors (Lipinski definition) is 2. The van der Waals surface area contributed by atoms with Crippen molar-refractivity contribution >= 4 is 52.0 Å². The smallest absolute Gasteiger partial charge is 0.265 e. The summed E-state index contributed by atoms with van der Waals surface area (Å²) in [4.78, 5) is 12.7. The van der Waals surface area contributed by atoms with E-state index in [2.05, 4.69) is 5.32 Å². The van der Waals surface area contributed by atoms with Crippen LogP contribution in [0, 0.1) is 0 Å². The van der Waals surface area contributed by atoms with Crippen molar-refractivity contribution in [1.82, 2.24) is 5.32 Å². The van der Waals surface area contributed by atoms with Crippen molar-refractivity contribution < 1.29 is 10.1 Å². The minimum absolute atomic E-state index is 0.234. The standard InChI is InChI=1S/C15H15Cl3N2OS/c16-15(17,18)14(20-13(21)12-7-4-10-22-12)19-9-8-11-5-2-1-3-6-11/h1-7,10,14,19H,8-9H2,(H,20,21)/p+1. The molecule has 7 heteroatoms. The Hall–Kier alpha value is -0.780. The van der Waals surface area contributed by atoms with Gasteiger partial charge in [-0.1, -0.05) is 71.2 Å². The first kappa shape index (κ1) is 17.6. The molecule has 1 unspecified atom stereocenters. The van der Waals surface area contributed by atoms with Crippen molar-refractivity contribution in [2.75, 3.05) is 6.54 Å². The number of alkyl halides is 3.